The van der Waals surface area contributed by atoms with Gasteiger partial charge in [-0.2, -0.15) is 0 Å². The monoisotopic (exact) mass is 270 g/mol. The molecule has 1 saturated heterocycles. The van der Waals surface area contributed by atoms with Crippen molar-refractivity contribution in [1.29, 1.82) is 0 Å². The predicted molar refractivity (Wildman–Crippen MR) is 68.7 cm³/mol. The third kappa shape index (κ3) is 2.68. The van der Waals surface area contributed by atoms with Crippen LogP contribution in [0.5, 0.6) is 0 Å². The summed E-state index contributed by atoms with van der Waals surface area (Å²) in [6, 6.07) is -0.987. The van der Waals surface area contributed by atoms with Crippen molar-refractivity contribution in [2.24, 2.45) is 11.8 Å². The molecule has 0 aromatic rings. The molecule has 1 saturated carbocycles. The number of carboxylic acids is 1. The topological polar surface area (TPSA) is 81.1 Å². The molecule has 0 spiro atoms. The summed E-state index contributed by atoms with van der Waals surface area (Å²) >= 11 is 0. The number of amides is 2. The molecule has 4 unspecified atom stereocenters. The first kappa shape index (κ1) is 14.1. The van der Waals surface area contributed by atoms with Crippen LogP contribution in [0.1, 0.15) is 26.2 Å². The highest BCUT2D eigenvalue weighted by Gasteiger charge is 2.50. The molecular formula is C13H22N2O4. The van der Waals surface area contributed by atoms with Crippen LogP contribution >= 0.6 is 0 Å². The lowest BCUT2D eigenvalue weighted by Gasteiger charge is -2.29. The summed E-state index contributed by atoms with van der Waals surface area (Å²) in [6.45, 7) is 2.36. The minimum absolute atomic E-state index is 0.0985. The minimum Gasteiger partial charge on any atom is -0.480 e. The summed E-state index contributed by atoms with van der Waals surface area (Å²) in [4.78, 5) is 26.6. The van der Waals surface area contributed by atoms with Gasteiger partial charge >= 0.3 is 12.0 Å². The van der Waals surface area contributed by atoms with Crippen molar-refractivity contribution in [2.75, 3.05) is 20.1 Å². The second-order valence-corrected chi connectivity index (χ2v) is 5.80. The van der Waals surface area contributed by atoms with Crippen molar-refractivity contribution in [3.63, 3.8) is 0 Å². The fourth-order valence-electron chi connectivity index (χ4n) is 3.51. The van der Waals surface area contributed by atoms with Crippen molar-refractivity contribution in [2.45, 2.75) is 38.3 Å². The van der Waals surface area contributed by atoms with Gasteiger partial charge in [-0.3, -0.25) is 0 Å². The van der Waals surface area contributed by atoms with Gasteiger partial charge in [0.05, 0.1) is 6.10 Å². The van der Waals surface area contributed by atoms with Crippen molar-refractivity contribution in [3.8, 4) is 0 Å². The van der Waals surface area contributed by atoms with Crippen LogP contribution < -0.4 is 0 Å². The van der Waals surface area contributed by atoms with E-state index in [0.717, 1.165) is 19.3 Å². The van der Waals surface area contributed by atoms with E-state index in [-0.39, 0.29) is 18.5 Å². The Labute approximate surface area is 113 Å². The van der Waals surface area contributed by atoms with Crippen molar-refractivity contribution >= 4 is 12.0 Å². The summed E-state index contributed by atoms with van der Waals surface area (Å²) in [5, 5.41) is 18.7. The molecule has 0 aromatic heterocycles. The molecule has 6 heteroatoms. The zero-order valence-corrected chi connectivity index (χ0v) is 11.5. The number of nitrogens with zero attached hydrogens (tertiary/aromatic N) is 2. The van der Waals surface area contributed by atoms with Gasteiger partial charge in [-0.1, -0.05) is 6.42 Å². The number of hydrogen-bond donors (Lipinski definition) is 2. The van der Waals surface area contributed by atoms with Crippen LogP contribution in [-0.4, -0.2) is 64.3 Å². The number of carbonyl (C=O) groups is 2. The number of aliphatic hydroxyl groups excluding tert-OH is 1. The number of carbonyl (C=O) groups excluding carboxylic acids is 1. The summed E-state index contributed by atoms with van der Waals surface area (Å²) in [7, 11) is 1.60. The number of likely N-dealkylation sites (N-methyl/N-ethyl adjacent to an activating group) is 1. The first-order valence-corrected chi connectivity index (χ1v) is 6.84. The van der Waals surface area contributed by atoms with Crippen LogP contribution in [0.3, 0.4) is 0 Å². The molecule has 1 aliphatic heterocycles. The van der Waals surface area contributed by atoms with Gasteiger partial charge in [0.15, 0.2) is 0 Å². The zero-order valence-electron chi connectivity index (χ0n) is 11.5. The molecule has 1 heterocycles. The Bertz CT molecular complexity index is 372. The molecule has 19 heavy (non-hydrogen) atoms. The SMILES string of the molecule is CC(O)CN(C)C(=O)N1CC2CCCC2C1C(=O)O. The molecule has 4 atom stereocenters. The van der Waals surface area contributed by atoms with Gasteiger partial charge < -0.3 is 20.0 Å². The van der Waals surface area contributed by atoms with Gasteiger partial charge in [-0.25, -0.2) is 9.59 Å². The molecule has 2 fully saturated rings. The first-order chi connectivity index (χ1) is 8.91. The molecule has 0 radical (unpaired) electrons. The van der Waals surface area contributed by atoms with Gasteiger partial charge in [0, 0.05) is 20.1 Å². The van der Waals surface area contributed by atoms with Crippen molar-refractivity contribution < 1.29 is 19.8 Å². The van der Waals surface area contributed by atoms with Gasteiger partial charge in [0.2, 0.25) is 0 Å². The molecule has 6 nitrogen and oxygen atoms in total. The third-order valence-corrected chi connectivity index (χ3v) is 4.25. The van der Waals surface area contributed by atoms with E-state index < -0.39 is 18.1 Å². The van der Waals surface area contributed by atoms with E-state index in [9.17, 15) is 19.8 Å². The average Bonchev–Trinajstić information content (AvgIpc) is 2.84. The third-order valence-electron chi connectivity index (χ3n) is 4.25. The van der Waals surface area contributed by atoms with Crippen LogP contribution in [-0.2, 0) is 4.79 Å². The number of urea groups is 1. The van der Waals surface area contributed by atoms with Crippen molar-refractivity contribution in [3.05, 3.63) is 0 Å². The lowest BCUT2D eigenvalue weighted by Crippen LogP contribution is -2.49. The van der Waals surface area contributed by atoms with E-state index in [0.29, 0.717) is 12.5 Å². The Kier molecular flexibility index (Phi) is 3.99. The van der Waals surface area contributed by atoms with Gasteiger partial charge in [0.25, 0.3) is 0 Å². The van der Waals surface area contributed by atoms with E-state index in [1.165, 1.54) is 9.80 Å². The molecule has 0 aromatic carbocycles. The summed E-state index contributed by atoms with van der Waals surface area (Å²) in [5.74, 6) is -0.486. The van der Waals surface area contributed by atoms with Gasteiger partial charge in [0.1, 0.15) is 6.04 Å². The normalized spacial score (nSPS) is 31.1. The Morgan fingerprint density at radius 1 is 1.42 bits per heavy atom. The second-order valence-electron chi connectivity index (χ2n) is 5.80. The number of fused-ring (bicyclic) bond motifs is 1. The molecule has 2 rings (SSSR count). The fourth-order valence-corrected chi connectivity index (χ4v) is 3.51. The summed E-state index contributed by atoms with van der Waals surface area (Å²) < 4.78 is 0. The van der Waals surface area contributed by atoms with E-state index in [2.05, 4.69) is 0 Å². The quantitative estimate of drug-likeness (QED) is 0.787. The lowest BCUT2D eigenvalue weighted by atomic mass is 9.94. The zero-order chi connectivity index (χ0) is 14.2. The Balaban J connectivity index is 2.10. The Morgan fingerprint density at radius 3 is 2.68 bits per heavy atom. The summed E-state index contributed by atoms with van der Waals surface area (Å²) in [5.41, 5.74) is 0. The Hall–Kier alpha value is -1.30. The number of aliphatic carboxylic acids is 1. The highest BCUT2D eigenvalue weighted by atomic mass is 16.4. The van der Waals surface area contributed by atoms with Crippen molar-refractivity contribution in [1.82, 2.24) is 9.80 Å². The number of rotatable bonds is 3. The summed E-state index contributed by atoms with van der Waals surface area (Å²) in [6.07, 6.45) is 2.36. The lowest BCUT2D eigenvalue weighted by molar-refractivity contribution is -0.142. The predicted octanol–water partition coefficient (Wildman–Crippen LogP) is 0.604. The maximum absolute atomic E-state index is 12.3. The largest absolute Gasteiger partial charge is 0.480 e. The Morgan fingerprint density at radius 2 is 2.11 bits per heavy atom. The molecule has 2 N–H and O–H groups in total. The first-order valence-electron chi connectivity index (χ1n) is 6.84. The number of hydrogen-bond acceptors (Lipinski definition) is 3. The molecule has 108 valence electrons. The minimum atomic E-state index is -0.909. The maximum atomic E-state index is 12.3. The van der Waals surface area contributed by atoms with E-state index >= 15 is 0 Å². The van der Waals surface area contributed by atoms with Crippen LogP contribution in [0.4, 0.5) is 4.79 Å². The van der Waals surface area contributed by atoms with E-state index in [1.807, 2.05) is 0 Å². The standard InChI is InChI=1S/C13H22N2O4/c1-8(16)6-14(2)13(19)15-7-9-4-3-5-10(9)11(15)12(17)18/h8-11,16H,3-7H2,1-2H3,(H,17,18). The van der Waals surface area contributed by atoms with Crippen LogP contribution in [0.15, 0.2) is 0 Å². The molecule has 0 bridgehead atoms. The molecule has 1 aliphatic carbocycles. The fraction of sp³-hybridized carbons (Fsp3) is 0.846. The second kappa shape index (κ2) is 5.36. The van der Waals surface area contributed by atoms with Gasteiger partial charge in [-0.15, -0.1) is 0 Å². The average molecular weight is 270 g/mol. The van der Waals surface area contributed by atoms with Crippen LogP contribution in [0, 0.1) is 11.8 Å². The van der Waals surface area contributed by atoms with Crippen LogP contribution in [0.2, 0.25) is 0 Å². The highest BCUT2D eigenvalue weighted by Crippen LogP contribution is 2.42. The number of carboxylic acid groups (broad SMARTS) is 1. The number of aliphatic hydroxyl groups is 1. The highest BCUT2D eigenvalue weighted by molar-refractivity contribution is 5.83. The maximum Gasteiger partial charge on any atom is 0.326 e. The smallest absolute Gasteiger partial charge is 0.326 e. The van der Waals surface area contributed by atoms with Crippen LogP contribution in [0.25, 0.3) is 0 Å². The molecule has 2 amide bonds. The van der Waals surface area contributed by atoms with E-state index in [4.69, 9.17) is 0 Å². The molecule has 2 aliphatic rings. The van der Waals surface area contributed by atoms with E-state index in [1.54, 1.807) is 14.0 Å². The number of likely N-dealkylation sites (tertiary alicyclic amines) is 1. The molecular weight excluding hydrogens is 248 g/mol. The van der Waals surface area contributed by atoms with Gasteiger partial charge in [-0.05, 0) is 31.6 Å².